The summed E-state index contributed by atoms with van der Waals surface area (Å²) in [5.41, 5.74) is 0. The fourth-order valence-electron chi connectivity index (χ4n) is 0.987. The van der Waals surface area contributed by atoms with E-state index in [0.717, 1.165) is 0 Å². The van der Waals surface area contributed by atoms with Crippen LogP contribution in [0.1, 0.15) is 20.8 Å². The zero-order valence-corrected chi connectivity index (χ0v) is 10.9. The van der Waals surface area contributed by atoms with Crippen molar-refractivity contribution in [1.82, 2.24) is 0 Å². The molecule has 0 atom stereocenters. The van der Waals surface area contributed by atoms with E-state index in [4.69, 9.17) is 0 Å². The van der Waals surface area contributed by atoms with E-state index in [1.165, 1.54) is 15.6 Å². The van der Waals surface area contributed by atoms with E-state index < -0.39 is 14.7 Å². The zero-order valence-electron chi connectivity index (χ0n) is 9.03. The molecule has 13 heavy (non-hydrogen) atoms. The van der Waals surface area contributed by atoms with Gasteiger partial charge in [0.2, 0.25) is 0 Å². The molecule has 0 bridgehead atoms. The van der Waals surface area contributed by atoms with Gasteiger partial charge in [-0.1, -0.05) is 0 Å². The molecule has 0 N–H and O–H groups in total. The quantitative estimate of drug-likeness (QED) is 0.482. The van der Waals surface area contributed by atoms with Crippen molar-refractivity contribution in [2.45, 2.75) is 36.4 Å². The Morgan fingerprint density at radius 3 is 1.23 bits per heavy atom. The average Bonchev–Trinajstić information content (AvgIpc) is 2.17. The normalized spacial score (nSPS) is 15.0. The minimum absolute atomic E-state index is 0.614. The summed E-state index contributed by atoms with van der Waals surface area (Å²) in [7, 11) is 0. The molecular formula is C12H21As. The van der Waals surface area contributed by atoms with Gasteiger partial charge in [-0.3, -0.25) is 0 Å². The third kappa shape index (κ3) is 8.12. The molecule has 0 unspecified atom stereocenters. The van der Waals surface area contributed by atoms with Crippen LogP contribution in [-0.4, -0.2) is 14.7 Å². The van der Waals surface area contributed by atoms with Gasteiger partial charge in [-0.25, -0.2) is 0 Å². The van der Waals surface area contributed by atoms with E-state index in [1.807, 2.05) is 0 Å². The summed E-state index contributed by atoms with van der Waals surface area (Å²) in [5, 5.41) is 4.04. The van der Waals surface area contributed by atoms with Crippen molar-refractivity contribution in [1.29, 1.82) is 0 Å². The summed E-state index contributed by atoms with van der Waals surface area (Å²) in [6, 6.07) is 0. The van der Waals surface area contributed by atoms with E-state index >= 15 is 0 Å². The Morgan fingerprint density at radius 1 is 0.692 bits per heavy atom. The molecule has 0 saturated heterocycles. The first kappa shape index (κ1) is 12.8. The standard InChI is InChI=1S/C12H21As/c1-4-7-10-13(11-8-5-2)12-9-6-3/h4-9H,10-12H2,1-3H3. The molecule has 0 nitrogen and oxygen atoms in total. The van der Waals surface area contributed by atoms with Crippen molar-refractivity contribution in [3.8, 4) is 0 Å². The fraction of sp³-hybridized carbons (Fsp3) is 0.500. The molecule has 0 heterocycles. The first-order chi connectivity index (χ1) is 6.35. The second-order valence-electron chi connectivity index (χ2n) is 2.93. The van der Waals surface area contributed by atoms with Gasteiger partial charge >= 0.3 is 87.5 Å². The third-order valence-electron chi connectivity index (χ3n) is 1.80. The second-order valence-corrected chi connectivity index (χ2v) is 8.04. The van der Waals surface area contributed by atoms with Crippen LogP contribution in [0.25, 0.3) is 0 Å². The van der Waals surface area contributed by atoms with Crippen LogP contribution in [0.3, 0.4) is 0 Å². The van der Waals surface area contributed by atoms with Crippen molar-refractivity contribution >= 4 is 14.7 Å². The average molecular weight is 240 g/mol. The summed E-state index contributed by atoms with van der Waals surface area (Å²) in [5.74, 6) is 0. The molecular weight excluding hydrogens is 219 g/mol. The monoisotopic (exact) mass is 240 g/mol. The third-order valence-corrected chi connectivity index (χ3v) is 6.38. The second kappa shape index (κ2) is 9.86. The van der Waals surface area contributed by atoms with E-state index in [0.29, 0.717) is 0 Å². The van der Waals surface area contributed by atoms with Gasteiger partial charge in [0, 0.05) is 0 Å². The van der Waals surface area contributed by atoms with Gasteiger partial charge in [0.15, 0.2) is 0 Å². The Hall–Kier alpha value is -0.222. The molecule has 0 radical (unpaired) electrons. The van der Waals surface area contributed by atoms with Gasteiger partial charge < -0.3 is 0 Å². The molecule has 0 fully saturated rings. The van der Waals surface area contributed by atoms with Gasteiger partial charge in [0.25, 0.3) is 0 Å². The first-order valence-corrected chi connectivity index (χ1v) is 8.89. The molecule has 0 aromatic rings. The molecule has 74 valence electrons. The van der Waals surface area contributed by atoms with Gasteiger partial charge in [0.05, 0.1) is 0 Å². The number of rotatable bonds is 6. The Bertz CT molecular complexity index is 144. The molecule has 1 heteroatoms. The fourth-order valence-corrected chi connectivity index (χ4v) is 5.13. The molecule has 0 spiro atoms. The van der Waals surface area contributed by atoms with Gasteiger partial charge in [0.1, 0.15) is 0 Å². The van der Waals surface area contributed by atoms with Crippen molar-refractivity contribution in [3.63, 3.8) is 0 Å². The van der Waals surface area contributed by atoms with Crippen LogP contribution in [-0.2, 0) is 0 Å². The number of hydrogen-bond donors (Lipinski definition) is 0. The Morgan fingerprint density at radius 2 is 1.00 bits per heavy atom. The van der Waals surface area contributed by atoms with Gasteiger partial charge in [-0.05, 0) is 0 Å². The summed E-state index contributed by atoms with van der Waals surface area (Å²) in [6.45, 7) is 6.33. The van der Waals surface area contributed by atoms with Crippen LogP contribution in [0, 0.1) is 0 Å². The SMILES string of the molecule is CC=CC[As](CC=CC)CC=CC. The summed E-state index contributed by atoms with van der Waals surface area (Å²) >= 11 is -0.614. The molecule has 0 aromatic carbocycles. The molecule has 0 aromatic heterocycles. The van der Waals surface area contributed by atoms with E-state index in [1.54, 1.807) is 0 Å². The van der Waals surface area contributed by atoms with Crippen LogP contribution in [0.15, 0.2) is 36.5 Å². The first-order valence-electron chi connectivity index (χ1n) is 4.91. The predicted octanol–water partition coefficient (Wildman–Crippen LogP) is 4.21. The van der Waals surface area contributed by atoms with Crippen LogP contribution < -0.4 is 0 Å². The van der Waals surface area contributed by atoms with E-state index in [9.17, 15) is 0 Å². The summed E-state index contributed by atoms with van der Waals surface area (Å²) < 4.78 is 0. The predicted molar refractivity (Wildman–Crippen MR) is 64.6 cm³/mol. The van der Waals surface area contributed by atoms with E-state index in [2.05, 4.69) is 57.2 Å². The van der Waals surface area contributed by atoms with E-state index in [-0.39, 0.29) is 0 Å². The minimum atomic E-state index is -0.614. The molecule has 0 aliphatic carbocycles. The number of hydrogen-bond acceptors (Lipinski definition) is 0. The Balaban J connectivity index is 3.86. The molecule has 0 amide bonds. The van der Waals surface area contributed by atoms with Crippen LogP contribution in [0.5, 0.6) is 0 Å². The van der Waals surface area contributed by atoms with Crippen LogP contribution >= 0.6 is 0 Å². The topological polar surface area (TPSA) is 0 Å². The maximum atomic E-state index is 2.33. The van der Waals surface area contributed by atoms with Crippen molar-refractivity contribution in [2.24, 2.45) is 0 Å². The molecule has 0 rings (SSSR count). The van der Waals surface area contributed by atoms with Crippen LogP contribution in [0.4, 0.5) is 0 Å². The molecule has 0 aliphatic heterocycles. The Labute approximate surface area is 87.7 Å². The molecule has 0 saturated carbocycles. The van der Waals surface area contributed by atoms with Crippen molar-refractivity contribution in [2.75, 3.05) is 0 Å². The zero-order chi connectivity index (χ0) is 9.94. The number of allylic oxidation sites excluding steroid dienone is 6. The van der Waals surface area contributed by atoms with Crippen molar-refractivity contribution < 1.29 is 0 Å². The summed E-state index contributed by atoms with van der Waals surface area (Å²) in [4.78, 5) is 0. The Kier molecular flexibility index (Phi) is 9.70. The van der Waals surface area contributed by atoms with Crippen molar-refractivity contribution in [3.05, 3.63) is 36.5 Å². The van der Waals surface area contributed by atoms with Gasteiger partial charge in [-0.2, -0.15) is 0 Å². The maximum absolute atomic E-state index is 2.33. The van der Waals surface area contributed by atoms with Gasteiger partial charge in [-0.15, -0.1) is 0 Å². The summed E-state index contributed by atoms with van der Waals surface area (Å²) in [6.07, 6.45) is 13.5. The molecule has 0 aliphatic rings. The van der Waals surface area contributed by atoms with Crippen LogP contribution in [0.2, 0.25) is 15.6 Å².